The van der Waals surface area contributed by atoms with Gasteiger partial charge >= 0.3 is 5.97 Å². The van der Waals surface area contributed by atoms with Gasteiger partial charge in [-0.3, -0.25) is 4.79 Å². The lowest BCUT2D eigenvalue weighted by atomic mass is 10.1. The molecule has 0 spiro atoms. The molecule has 1 fully saturated rings. The van der Waals surface area contributed by atoms with Crippen LogP contribution in [0, 0.1) is 5.92 Å². The Morgan fingerprint density at radius 1 is 1.47 bits per heavy atom. The quantitative estimate of drug-likeness (QED) is 0.721. The summed E-state index contributed by atoms with van der Waals surface area (Å²) in [5.74, 6) is -1.31. The van der Waals surface area contributed by atoms with Crippen LogP contribution in [0.3, 0.4) is 0 Å². The van der Waals surface area contributed by atoms with Crippen molar-refractivity contribution in [1.82, 2.24) is 4.90 Å². The largest absolute Gasteiger partial charge is 0.480 e. The topological polar surface area (TPSA) is 66.8 Å². The number of hydrogen-bond donors (Lipinski definition) is 1. The lowest BCUT2D eigenvalue weighted by molar-refractivity contribution is -0.166. The van der Waals surface area contributed by atoms with E-state index in [0.717, 1.165) is 0 Å². The van der Waals surface area contributed by atoms with Crippen molar-refractivity contribution in [3.8, 4) is 0 Å². The first-order valence-corrected chi connectivity index (χ1v) is 5.10. The normalized spacial score (nSPS) is 26.8. The Labute approximate surface area is 89.0 Å². The second-order valence-corrected chi connectivity index (χ2v) is 4.05. The van der Waals surface area contributed by atoms with Crippen molar-refractivity contribution in [3.63, 3.8) is 0 Å². The third-order valence-electron chi connectivity index (χ3n) is 2.52. The molecule has 1 saturated heterocycles. The molecule has 0 saturated carbocycles. The molecule has 0 aromatic heterocycles. The minimum Gasteiger partial charge on any atom is -0.480 e. The zero-order valence-corrected chi connectivity index (χ0v) is 9.27. The molecule has 0 aliphatic carbocycles. The highest BCUT2D eigenvalue weighted by Gasteiger charge is 2.38. The standard InChI is InChI=1S/C10H17NO4/c1-6(2)9(12)11-4-5-15-7(3)8(11)10(13)14/h6-8H,4-5H2,1-3H3,(H,13,14). The number of morpholine rings is 1. The Hall–Kier alpha value is -1.10. The molecule has 2 unspecified atom stereocenters. The Morgan fingerprint density at radius 3 is 2.53 bits per heavy atom. The lowest BCUT2D eigenvalue weighted by Gasteiger charge is -2.38. The molecule has 5 nitrogen and oxygen atoms in total. The third kappa shape index (κ3) is 2.47. The first kappa shape index (κ1) is 12.0. The first-order valence-electron chi connectivity index (χ1n) is 5.10. The summed E-state index contributed by atoms with van der Waals surface area (Å²) in [6.45, 7) is 5.98. The van der Waals surface area contributed by atoms with E-state index in [0.29, 0.717) is 13.2 Å². The fraction of sp³-hybridized carbons (Fsp3) is 0.800. The summed E-state index contributed by atoms with van der Waals surface area (Å²) >= 11 is 0. The minimum atomic E-state index is -1.00. The number of nitrogens with zero attached hydrogens (tertiary/aromatic N) is 1. The number of hydrogen-bond acceptors (Lipinski definition) is 3. The van der Waals surface area contributed by atoms with Crippen LogP contribution in [0.5, 0.6) is 0 Å². The molecule has 0 radical (unpaired) electrons. The summed E-state index contributed by atoms with van der Waals surface area (Å²) in [5.41, 5.74) is 0. The smallest absolute Gasteiger partial charge is 0.329 e. The van der Waals surface area contributed by atoms with Crippen molar-refractivity contribution in [2.45, 2.75) is 32.9 Å². The maximum atomic E-state index is 11.8. The van der Waals surface area contributed by atoms with Gasteiger partial charge in [0.2, 0.25) is 5.91 Å². The molecule has 15 heavy (non-hydrogen) atoms. The van der Waals surface area contributed by atoms with E-state index in [2.05, 4.69) is 0 Å². The highest BCUT2D eigenvalue weighted by atomic mass is 16.5. The van der Waals surface area contributed by atoms with Gasteiger partial charge in [0.15, 0.2) is 6.04 Å². The number of carbonyl (C=O) groups excluding carboxylic acids is 1. The summed E-state index contributed by atoms with van der Waals surface area (Å²) in [5, 5.41) is 9.04. The van der Waals surface area contributed by atoms with Crippen LogP contribution in [-0.4, -0.2) is 47.2 Å². The van der Waals surface area contributed by atoms with Crippen molar-refractivity contribution in [2.75, 3.05) is 13.2 Å². The zero-order chi connectivity index (χ0) is 11.6. The minimum absolute atomic E-state index is 0.127. The van der Waals surface area contributed by atoms with E-state index in [1.54, 1.807) is 20.8 Å². The van der Waals surface area contributed by atoms with Gasteiger partial charge in [0.05, 0.1) is 12.7 Å². The monoisotopic (exact) mass is 215 g/mol. The van der Waals surface area contributed by atoms with Gasteiger partial charge in [0.25, 0.3) is 0 Å². The van der Waals surface area contributed by atoms with Crippen molar-refractivity contribution >= 4 is 11.9 Å². The van der Waals surface area contributed by atoms with Crippen LogP contribution < -0.4 is 0 Å². The average molecular weight is 215 g/mol. The zero-order valence-electron chi connectivity index (χ0n) is 9.27. The Morgan fingerprint density at radius 2 is 2.07 bits per heavy atom. The van der Waals surface area contributed by atoms with Gasteiger partial charge in [-0.25, -0.2) is 4.79 Å². The van der Waals surface area contributed by atoms with Gasteiger partial charge in [0, 0.05) is 12.5 Å². The predicted molar refractivity (Wildman–Crippen MR) is 53.4 cm³/mol. The molecule has 2 atom stereocenters. The summed E-state index contributed by atoms with van der Waals surface area (Å²) in [4.78, 5) is 24.2. The summed E-state index contributed by atoms with van der Waals surface area (Å²) in [6, 6.07) is -0.853. The summed E-state index contributed by atoms with van der Waals surface area (Å²) in [6.07, 6.45) is -0.445. The number of carboxylic acid groups (broad SMARTS) is 1. The van der Waals surface area contributed by atoms with Crippen LogP contribution in [0.2, 0.25) is 0 Å². The van der Waals surface area contributed by atoms with Crippen LogP contribution in [0.1, 0.15) is 20.8 Å². The van der Waals surface area contributed by atoms with Gasteiger partial charge in [-0.1, -0.05) is 13.8 Å². The summed E-state index contributed by atoms with van der Waals surface area (Å²) < 4.78 is 5.24. The Balaban J connectivity index is 2.84. The second-order valence-electron chi connectivity index (χ2n) is 4.05. The van der Waals surface area contributed by atoms with Crippen molar-refractivity contribution in [2.24, 2.45) is 5.92 Å². The molecule has 1 aliphatic heterocycles. The molecule has 5 heteroatoms. The fourth-order valence-electron chi connectivity index (χ4n) is 1.73. The van der Waals surface area contributed by atoms with Crippen LogP contribution in [0.15, 0.2) is 0 Å². The maximum absolute atomic E-state index is 11.8. The van der Waals surface area contributed by atoms with E-state index in [1.165, 1.54) is 4.90 Å². The van der Waals surface area contributed by atoms with Crippen molar-refractivity contribution < 1.29 is 19.4 Å². The summed E-state index contributed by atoms with van der Waals surface area (Å²) in [7, 11) is 0. The molecule has 1 amide bonds. The number of carboxylic acids is 1. The molecular weight excluding hydrogens is 198 g/mol. The number of amides is 1. The predicted octanol–water partition coefficient (Wildman–Crippen LogP) is 0.343. The van der Waals surface area contributed by atoms with Gasteiger partial charge < -0.3 is 14.7 Å². The fourth-order valence-corrected chi connectivity index (χ4v) is 1.73. The molecular formula is C10H17NO4. The lowest BCUT2D eigenvalue weighted by Crippen LogP contribution is -2.57. The van der Waals surface area contributed by atoms with Gasteiger partial charge in [0.1, 0.15) is 0 Å². The van der Waals surface area contributed by atoms with Gasteiger partial charge in [-0.15, -0.1) is 0 Å². The van der Waals surface area contributed by atoms with Crippen LogP contribution in [0.25, 0.3) is 0 Å². The molecule has 0 aromatic carbocycles. The van der Waals surface area contributed by atoms with Crippen LogP contribution in [-0.2, 0) is 14.3 Å². The van der Waals surface area contributed by atoms with E-state index in [4.69, 9.17) is 9.84 Å². The highest BCUT2D eigenvalue weighted by Crippen LogP contribution is 2.16. The first-order chi connectivity index (χ1) is 6.95. The molecule has 1 rings (SSSR count). The Bertz CT molecular complexity index is 264. The maximum Gasteiger partial charge on any atom is 0.329 e. The van der Waals surface area contributed by atoms with E-state index >= 15 is 0 Å². The van der Waals surface area contributed by atoms with E-state index in [9.17, 15) is 9.59 Å². The third-order valence-corrected chi connectivity index (χ3v) is 2.52. The Kier molecular flexibility index (Phi) is 3.68. The second kappa shape index (κ2) is 4.61. The van der Waals surface area contributed by atoms with E-state index < -0.39 is 18.1 Å². The van der Waals surface area contributed by atoms with Gasteiger partial charge in [-0.2, -0.15) is 0 Å². The number of rotatable bonds is 2. The van der Waals surface area contributed by atoms with Gasteiger partial charge in [-0.05, 0) is 6.92 Å². The van der Waals surface area contributed by atoms with Crippen molar-refractivity contribution in [3.05, 3.63) is 0 Å². The molecule has 86 valence electrons. The molecule has 0 bridgehead atoms. The number of ether oxygens (including phenoxy) is 1. The number of carbonyl (C=O) groups is 2. The van der Waals surface area contributed by atoms with Crippen molar-refractivity contribution in [1.29, 1.82) is 0 Å². The SMILES string of the molecule is CC(C)C(=O)N1CCOC(C)C1C(=O)O. The number of aliphatic carboxylic acids is 1. The van der Waals surface area contributed by atoms with E-state index in [1.807, 2.05) is 0 Å². The van der Waals surface area contributed by atoms with Crippen LogP contribution >= 0.6 is 0 Å². The van der Waals surface area contributed by atoms with E-state index in [-0.39, 0.29) is 11.8 Å². The molecule has 1 heterocycles. The molecule has 1 N–H and O–H groups in total. The molecule has 1 aliphatic rings. The van der Waals surface area contributed by atoms with Crippen LogP contribution in [0.4, 0.5) is 0 Å². The molecule has 0 aromatic rings. The highest BCUT2D eigenvalue weighted by molar-refractivity contribution is 5.85. The average Bonchev–Trinajstić information content (AvgIpc) is 2.15.